The monoisotopic (exact) mass is 246 g/mol. The number of amides is 1. The van der Waals surface area contributed by atoms with Gasteiger partial charge < -0.3 is 15.8 Å². The molecule has 2 aliphatic rings. The number of hydrogen-bond acceptors (Lipinski definition) is 3. The second-order valence-corrected chi connectivity index (χ2v) is 5.60. The van der Waals surface area contributed by atoms with Crippen LogP contribution in [0.4, 0.5) is 5.69 Å². The SMILES string of the molecule is C[C@@]12CCO[C@@H]1C(Nc1cccc(C(N)=O)c1)C2. The zero-order valence-corrected chi connectivity index (χ0v) is 10.5. The van der Waals surface area contributed by atoms with Gasteiger partial charge in [0.05, 0.1) is 12.1 Å². The highest BCUT2D eigenvalue weighted by atomic mass is 16.5. The molecule has 1 heterocycles. The minimum atomic E-state index is -0.394. The molecule has 0 radical (unpaired) electrons. The molecule has 4 heteroatoms. The van der Waals surface area contributed by atoms with Gasteiger partial charge in [-0.1, -0.05) is 13.0 Å². The maximum atomic E-state index is 11.1. The lowest BCUT2D eigenvalue weighted by Crippen LogP contribution is -2.55. The number of carbonyl (C=O) groups is 1. The van der Waals surface area contributed by atoms with Gasteiger partial charge in [-0.2, -0.15) is 0 Å². The smallest absolute Gasteiger partial charge is 0.248 e. The number of fused-ring (bicyclic) bond motifs is 1. The molecule has 0 spiro atoms. The van der Waals surface area contributed by atoms with Crippen LogP contribution in [0.1, 0.15) is 30.1 Å². The maximum absolute atomic E-state index is 11.1. The molecule has 1 saturated heterocycles. The van der Waals surface area contributed by atoms with E-state index in [4.69, 9.17) is 10.5 Å². The molecule has 1 amide bonds. The van der Waals surface area contributed by atoms with E-state index in [9.17, 15) is 4.79 Å². The Morgan fingerprint density at radius 3 is 3.11 bits per heavy atom. The normalized spacial score (nSPS) is 33.6. The summed E-state index contributed by atoms with van der Waals surface area (Å²) in [5.41, 5.74) is 7.10. The zero-order chi connectivity index (χ0) is 12.8. The van der Waals surface area contributed by atoms with Gasteiger partial charge in [-0.05, 0) is 36.5 Å². The van der Waals surface area contributed by atoms with E-state index in [1.807, 2.05) is 12.1 Å². The summed E-state index contributed by atoms with van der Waals surface area (Å²) in [6.07, 6.45) is 2.57. The molecule has 96 valence electrons. The summed E-state index contributed by atoms with van der Waals surface area (Å²) in [7, 11) is 0. The average molecular weight is 246 g/mol. The first-order valence-corrected chi connectivity index (χ1v) is 6.36. The van der Waals surface area contributed by atoms with Crippen LogP contribution in [-0.4, -0.2) is 24.7 Å². The molecular formula is C14H18N2O2. The van der Waals surface area contributed by atoms with Gasteiger partial charge in [-0.3, -0.25) is 4.79 Å². The van der Waals surface area contributed by atoms with Crippen molar-refractivity contribution in [2.24, 2.45) is 11.1 Å². The second-order valence-electron chi connectivity index (χ2n) is 5.60. The first-order valence-electron chi connectivity index (χ1n) is 6.36. The number of hydrogen-bond donors (Lipinski definition) is 2. The number of anilines is 1. The van der Waals surface area contributed by atoms with E-state index in [0.29, 0.717) is 23.1 Å². The van der Waals surface area contributed by atoms with Gasteiger partial charge >= 0.3 is 0 Å². The fraction of sp³-hybridized carbons (Fsp3) is 0.500. The quantitative estimate of drug-likeness (QED) is 0.854. The molecule has 3 N–H and O–H groups in total. The van der Waals surface area contributed by atoms with Gasteiger partial charge in [-0.25, -0.2) is 0 Å². The van der Waals surface area contributed by atoms with E-state index in [2.05, 4.69) is 12.2 Å². The van der Waals surface area contributed by atoms with E-state index in [1.165, 1.54) is 0 Å². The Hall–Kier alpha value is -1.55. The van der Waals surface area contributed by atoms with Crippen LogP contribution in [0.3, 0.4) is 0 Å². The summed E-state index contributed by atoms with van der Waals surface area (Å²) < 4.78 is 5.76. The molecule has 18 heavy (non-hydrogen) atoms. The van der Waals surface area contributed by atoms with Crippen LogP contribution in [0.25, 0.3) is 0 Å². The lowest BCUT2D eigenvalue weighted by atomic mass is 9.64. The van der Waals surface area contributed by atoms with E-state index in [-0.39, 0.29) is 0 Å². The summed E-state index contributed by atoms with van der Waals surface area (Å²) in [6.45, 7) is 3.14. The van der Waals surface area contributed by atoms with Crippen molar-refractivity contribution in [3.05, 3.63) is 29.8 Å². The van der Waals surface area contributed by atoms with Gasteiger partial charge in [0.15, 0.2) is 0 Å². The van der Waals surface area contributed by atoms with Crippen LogP contribution in [0.2, 0.25) is 0 Å². The van der Waals surface area contributed by atoms with Crippen LogP contribution in [0, 0.1) is 5.41 Å². The maximum Gasteiger partial charge on any atom is 0.248 e. The molecule has 1 aromatic carbocycles. The molecule has 1 unspecified atom stereocenters. The molecule has 3 rings (SSSR count). The third-order valence-corrected chi connectivity index (χ3v) is 4.21. The Bertz CT molecular complexity index is 488. The van der Waals surface area contributed by atoms with Crippen molar-refractivity contribution in [1.29, 1.82) is 0 Å². The molecule has 0 bridgehead atoms. The van der Waals surface area contributed by atoms with E-state index < -0.39 is 5.91 Å². The highest BCUT2D eigenvalue weighted by Crippen LogP contribution is 2.50. The molecule has 1 aliphatic carbocycles. The lowest BCUT2D eigenvalue weighted by molar-refractivity contribution is -0.0321. The summed E-state index contributed by atoms with van der Waals surface area (Å²) >= 11 is 0. The van der Waals surface area contributed by atoms with Crippen LogP contribution in [-0.2, 0) is 4.74 Å². The van der Waals surface area contributed by atoms with Crippen molar-refractivity contribution >= 4 is 11.6 Å². The summed E-state index contributed by atoms with van der Waals surface area (Å²) in [4.78, 5) is 11.1. The summed E-state index contributed by atoms with van der Waals surface area (Å²) in [6, 6.07) is 7.67. The molecule has 1 saturated carbocycles. The average Bonchev–Trinajstić information content (AvgIpc) is 2.63. The summed E-state index contributed by atoms with van der Waals surface area (Å²) in [5.74, 6) is -0.394. The largest absolute Gasteiger partial charge is 0.380 e. The fourth-order valence-corrected chi connectivity index (χ4v) is 3.13. The number of nitrogens with two attached hydrogens (primary N) is 1. The Labute approximate surface area is 107 Å². The minimum absolute atomic E-state index is 0.301. The van der Waals surface area contributed by atoms with Gasteiger partial charge in [0.1, 0.15) is 0 Å². The van der Waals surface area contributed by atoms with Gasteiger partial charge in [0.2, 0.25) is 5.91 Å². The van der Waals surface area contributed by atoms with E-state index in [1.54, 1.807) is 12.1 Å². The van der Waals surface area contributed by atoms with Crippen molar-refractivity contribution in [2.45, 2.75) is 31.9 Å². The van der Waals surface area contributed by atoms with Crippen molar-refractivity contribution in [2.75, 3.05) is 11.9 Å². The summed E-state index contributed by atoms with van der Waals surface area (Å²) in [5, 5.41) is 3.44. The third-order valence-electron chi connectivity index (χ3n) is 4.21. The van der Waals surface area contributed by atoms with E-state index >= 15 is 0 Å². The first kappa shape index (κ1) is 11.5. The standard InChI is InChI=1S/C14H18N2O2/c1-14-5-6-18-12(14)11(8-14)16-10-4-2-3-9(7-10)13(15)17/h2-4,7,11-12,16H,5-6,8H2,1H3,(H2,15,17)/t11?,12-,14+/m1/s1. The molecule has 2 fully saturated rings. The van der Waals surface area contributed by atoms with E-state index in [0.717, 1.165) is 25.1 Å². The molecule has 4 nitrogen and oxygen atoms in total. The lowest BCUT2D eigenvalue weighted by Gasteiger charge is -2.48. The van der Waals surface area contributed by atoms with Crippen LogP contribution in [0.5, 0.6) is 0 Å². The molecule has 0 aromatic heterocycles. The third kappa shape index (κ3) is 1.77. The van der Waals surface area contributed by atoms with Gasteiger partial charge in [0, 0.05) is 17.9 Å². The van der Waals surface area contributed by atoms with Crippen molar-refractivity contribution < 1.29 is 9.53 Å². The first-order chi connectivity index (χ1) is 8.58. The molecule has 3 atom stereocenters. The zero-order valence-electron chi connectivity index (χ0n) is 10.5. The van der Waals surface area contributed by atoms with Gasteiger partial charge in [-0.15, -0.1) is 0 Å². The Balaban J connectivity index is 1.71. The molecular weight excluding hydrogens is 228 g/mol. The van der Waals surface area contributed by atoms with Crippen LogP contribution < -0.4 is 11.1 Å². The Morgan fingerprint density at radius 1 is 1.56 bits per heavy atom. The van der Waals surface area contributed by atoms with Crippen LogP contribution in [0.15, 0.2) is 24.3 Å². The number of primary amides is 1. The predicted molar refractivity (Wildman–Crippen MR) is 69.5 cm³/mol. The predicted octanol–water partition coefficient (Wildman–Crippen LogP) is 1.76. The van der Waals surface area contributed by atoms with Crippen molar-refractivity contribution in [1.82, 2.24) is 0 Å². The number of ether oxygens (including phenoxy) is 1. The molecule has 1 aliphatic heterocycles. The Morgan fingerprint density at radius 2 is 2.39 bits per heavy atom. The topological polar surface area (TPSA) is 64.3 Å². The van der Waals surface area contributed by atoms with Gasteiger partial charge in [0.25, 0.3) is 0 Å². The number of rotatable bonds is 3. The second kappa shape index (κ2) is 3.99. The minimum Gasteiger partial charge on any atom is -0.380 e. The van der Waals surface area contributed by atoms with Crippen molar-refractivity contribution in [3.8, 4) is 0 Å². The fourth-order valence-electron chi connectivity index (χ4n) is 3.13. The number of nitrogens with one attached hydrogen (secondary N) is 1. The van der Waals surface area contributed by atoms with Crippen LogP contribution >= 0.6 is 0 Å². The number of benzene rings is 1. The Kier molecular flexibility index (Phi) is 2.55. The highest BCUT2D eigenvalue weighted by molar-refractivity contribution is 5.93. The van der Waals surface area contributed by atoms with Crippen molar-refractivity contribution in [3.63, 3.8) is 0 Å². The number of carbonyl (C=O) groups excluding carboxylic acids is 1. The molecule has 1 aromatic rings. The highest BCUT2D eigenvalue weighted by Gasteiger charge is 2.54.